The van der Waals surface area contributed by atoms with E-state index in [0.717, 1.165) is 16.0 Å². The molecule has 2 unspecified atom stereocenters. The first-order chi connectivity index (χ1) is 9.21. The maximum Gasteiger partial charge on any atom is 0.140 e. The van der Waals surface area contributed by atoms with Crippen LogP contribution in [0.2, 0.25) is 0 Å². The lowest BCUT2D eigenvalue weighted by Crippen LogP contribution is -2.30. The van der Waals surface area contributed by atoms with Crippen LogP contribution in [0.15, 0.2) is 16.6 Å². The number of halogens is 1. The third-order valence-electron chi connectivity index (χ3n) is 4.04. The van der Waals surface area contributed by atoms with Crippen LogP contribution in [0.1, 0.15) is 37.2 Å². The third kappa shape index (κ3) is 3.06. The minimum atomic E-state index is 0.559. The van der Waals surface area contributed by atoms with Crippen LogP contribution in [0.3, 0.4) is 0 Å². The quantitative estimate of drug-likeness (QED) is 0.914. The fourth-order valence-corrected chi connectivity index (χ4v) is 3.66. The minimum Gasteiger partial charge on any atom is -0.495 e. The van der Waals surface area contributed by atoms with Crippen molar-refractivity contribution in [2.24, 2.45) is 0 Å². The number of benzene rings is 1. The van der Waals surface area contributed by atoms with E-state index >= 15 is 0 Å². The maximum atomic E-state index is 5.59. The molecule has 0 spiro atoms. The lowest BCUT2D eigenvalue weighted by Gasteiger charge is -2.30. The van der Waals surface area contributed by atoms with Crippen LogP contribution in [0, 0.1) is 0 Å². The second-order valence-corrected chi connectivity index (χ2v) is 5.85. The Morgan fingerprint density at radius 3 is 2.63 bits per heavy atom. The van der Waals surface area contributed by atoms with Crippen LogP contribution in [0.5, 0.6) is 11.5 Å². The van der Waals surface area contributed by atoms with Crippen LogP contribution >= 0.6 is 15.9 Å². The fourth-order valence-electron chi connectivity index (χ4n) is 2.97. The molecule has 0 saturated heterocycles. The summed E-state index contributed by atoms with van der Waals surface area (Å²) in [5.41, 5.74) is 1.29. The van der Waals surface area contributed by atoms with Gasteiger partial charge >= 0.3 is 0 Å². The largest absolute Gasteiger partial charge is 0.495 e. The molecule has 0 aliphatic heterocycles. The van der Waals surface area contributed by atoms with E-state index < -0.39 is 0 Å². The van der Waals surface area contributed by atoms with Gasteiger partial charge in [0.2, 0.25) is 0 Å². The van der Waals surface area contributed by atoms with Gasteiger partial charge in [-0.25, -0.2) is 0 Å². The molecule has 4 heteroatoms. The number of rotatable bonds is 4. The molecule has 0 amide bonds. The normalized spacial score (nSPS) is 23.2. The van der Waals surface area contributed by atoms with Gasteiger partial charge in [-0.1, -0.05) is 12.5 Å². The Kier molecular flexibility index (Phi) is 5.11. The van der Waals surface area contributed by atoms with Gasteiger partial charge in [0, 0.05) is 6.04 Å². The molecule has 2 atom stereocenters. The van der Waals surface area contributed by atoms with Crippen LogP contribution < -0.4 is 14.8 Å². The number of hydrogen-bond acceptors (Lipinski definition) is 3. The second-order valence-electron chi connectivity index (χ2n) is 5.05. The summed E-state index contributed by atoms with van der Waals surface area (Å²) < 4.78 is 11.8. The van der Waals surface area contributed by atoms with Gasteiger partial charge < -0.3 is 14.8 Å². The molecule has 0 aromatic heterocycles. The fraction of sp³-hybridized carbons (Fsp3) is 0.600. The number of nitrogens with one attached hydrogen (secondary N) is 1. The van der Waals surface area contributed by atoms with E-state index in [-0.39, 0.29) is 0 Å². The molecule has 1 aliphatic rings. The van der Waals surface area contributed by atoms with Crippen molar-refractivity contribution in [3.05, 3.63) is 22.2 Å². The summed E-state index contributed by atoms with van der Waals surface area (Å²) in [7, 11) is 5.45. The standard InChI is InChI=1S/C15H22BrNO2/c1-17-11-6-4-5-10(9-11)12-7-8-13(18-2)14(16)15(12)19-3/h7-8,10-11,17H,4-6,9H2,1-3H3. The van der Waals surface area contributed by atoms with Crippen molar-refractivity contribution in [1.29, 1.82) is 0 Å². The average molecular weight is 328 g/mol. The van der Waals surface area contributed by atoms with Gasteiger partial charge in [-0.3, -0.25) is 0 Å². The Balaban J connectivity index is 2.31. The number of methoxy groups -OCH3 is 2. The van der Waals surface area contributed by atoms with Crippen molar-refractivity contribution >= 4 is 15.9 Å². The summed E-state index contributed by atoms with van der Waals surface area (Å²) in [6.07, 6.45) is 4.94. The van der Waals surface area contributed by atoms with Gasteiger partial charge in [-0.15, -0.1) is 0 Å². The first-order valence-corrected chi connectivity index (χ1v) is 7.58. The number of ether oxygens (including phenoxy) is 2. The molecule has 0 radical (unpaired) electrons. The SMILES string of the molecule is CNC1CCCC(c2ccc(OC)c(Br)c2OC)C1. The molecule has 1 aromatic carbocycles. The smallest absolute Gasteiger partial charge is 0.140 e. The molecule has 1 saturated carbocycles. The molecule has 2 rings (SSSR count). The highest BCUT2D eigenvalue weighted by Crippen LogP contribution is 2.44. The molecule has 0 heterocycles. The van der Waals surface area contributed by atoms with E-state index in [1.54, 1.807) is 14.2 Å². The van der Waals surface area contributed by atoms with E-state index in [2.05, 4.69) is 27.3 Å². The van der Waals surface area contributed by atoms with Gasteiger partial charge in [0.05, 0.1) is 14.2 Å². The van der Waals surface area contributed by atoms with Gasteiger partial charge in [-0.2, -0.15) is 0 Å². The number of hydrogen-bond donors (Lipinski definition) is 1. The second kappa shape index (κ2) is 6.62. The van der Waals surface area contributed by atoms with E-state index in [0.29, 0.717) is 12.0 Å². The van der Waals surface area contributed by atoms with Crippen molar-refractivity contribution < 1.29 is 9.47 Å². The van der Waals surface area contributed by atoms with Gasteiger partial charge in [0.25, 0.3) is 0 Å². The highest BCUT2D eigenvalue weighted by atomic mass is 79.9. The average Bonchev–Trinajstić information content (AvgIpc) is 2.47. The monoisotopic (exact) mass is 327 g/mol. The molecular weight excluding hydrogens is 306 g/mol. The Morgan fingerprint density at radius 2 is 2.00 bits per heavy atom. The summed E-state index contributed by atoms with van der Waals surface area (Å²) in [4.78, 5) is 0. The minimum absolute atomic E-state index is 0.559. The molecule has 106 valence electrons. The van der Waals surface area contributed by atoms with E-state index in [1.165, 1.54) is 31.2 Å². The zero-order chi connectivity index (χ0) is 13.8. The summed E-state index contributed by atoms with van der Waals surface area (Å²) in [5, 5.41) is 3.40. The van der Waals surface area contributed by atoms with Crippen molar-refractivity contribution in [2.75, 3.05) is 21.3 Å². The predicted molar refractivity (Wildman–Crippen MR) is 81.3 cm³/mol. The van der Waals surface area contributed by atoms with Crippen LogP contribution in [0.4, 0.5) is 0 Å². The highest BCUT2D eigenvalue weighted by Gasteiger charge is 2.26. The summed E-state index contributed by atoms with van der Waals surface area (Å²) >= 11 is 3.59. The molecule has 3 nitrogen and oxygen atoms in total. The molecule has 1 fully saturated rings. The molecule has 19 heavy (non-hydrogen) atoms. The first kappa shape index (κ1) is 14.7. The highest BCUT2D eigenvalue weighted by molar-refractivity contribution is 9.10. The van der Waals surface area contributed by atoms with E-state index in [4.69, 9.17) is 9.47 Å². The van der Waals surface area contributed by atoms with E-state index in [1.807, 2.05) is 13.1 Å². The molecular formula is C15H22BrNO2. The van der Waals surface area contributed by atoms with Gasteiger partial charge in [-0.05, 0) is 59.8 Å². The predicted octanol–water partition coefficient (Wildman–Crippen LogP) is 3.71. The van der Waals surface area contributed by atoms with Crippen LogP contribution in [-0.2, 0) is 0 Å². The Bertz CT molecular complexity index is 436. The van der Waals surface area contributed by atoms with Crippen molar-refractivity contribution in [3.63, 3.8) is 0 Å². The Morgan fingerprint density at radius 1 is 1.21 bits per heavy atom. The summed E-state index contributed by atoms with van der Waals surface area (Å²) in [6, 6.07) is 4.78. The first-order valence-electron chi connectivity index (χ1n) is 6.78. The zero-order valence-electron chi connectivity index (χ0n) is 11.8. The molecule has 1 aliphatic carbocycles. The Hall–Kier alpha value is -0.740. The summed E-state index contributed by atoms with van der Waals surface area (Å²) in [6.45, 7) is 0. The topological polar surface area (TPSA) is 30.5 Å². The third-order valence-corrected chi connectivity index (χ3v) is 4.79. The van der Waals surface area contributed by atoms with Gasteiger partial charge in [0.15, 0.2) is 0 Å². The molecule has 1 aromatic rings. The maximum absolute atomic E-state index is 5.59. The van der Waals surface area contributed by atoms with Gasteiger partial charge in [0.1, 0.15) is 16.0 Å². The lowest BCUT2D eigenvalue weighted by atomic mass is 9.81. The molecule has 0 bridgehead atoms. The van der Waals surface area contributed by atoms with Crippen LogP contribution in [-0.4, -0.2) is 27.3 Å². The van der Waals surface area contributed by atoms with Crippen molar-refractivity contribution in [3.8, 4) is 11.5 Å². The van der Waals surface area contributed by atoms with E-state index in [9.17, 15) is 0 Å². The molecule has 1 N–H and O–H groups in total. The Labute approximate surface area is 123 Å². The van der Waals surface area contributed by atoms with Crippen molar-refractivity contribution in [1.82, 2.24) is 5.32 Å². The lowest BCUT2D eigenvalue weighted by molar-refractivity contribution is 0.339. The summed E-state index contributed by atoms with van der Waals surface area (Å²) in [5.74, 6) is 2.30. The van der Waals surface area contributed by atoms with Crippen molar-refractivity contribution in [2.45, 2.75) is 37.6 Å². The van der Waals surface area contributed by atoms with Crippen LogP contribution in [0.25, 0.3) is 0 Å². The zero-order valence-corrected chi connectivity index (χ0v) is 13.4.